The minimum Gasteiger partial charge on any atom is -0.445 e. The number of carbonyl (C=O) groups excluding carboxylic acids is 1. The topological polar surface area (TPSA) is 78.9 Å². The van der Waals surface area contributed by atoms with Crippen molar-refractivity contribution < 1.29 is 9.21 Å². The minimum atomic E-state index is -0.649. The number of aromatic nitrogens is 1. The van der Waals surface area contributed by atoms with Gasteiger partial charge in [0.25, 0.3) is 5.91 Å². The van der Waals surface area contributed by atoms with Crippen LogP contribution in [0.2, 0.25) is 0 Å². The third kappa shape index (κ3) is 3.45. The highest BCUT2D eigenvalue weighted by atomic mass is 16.4. The number of rotatable bonds is 3. The van der Waals surface area contributed by atoms with Gasteiger partial charge in [-0.3, -0.25) is 4.79 Å². The highest BCUT2D eigenvalue weighted by Crippen LogP contribution is 2.09. The quantitative estimate of drug-likeness (QED) is 0.808. The van der Waals surface area contributed by atoms with E-state index in [1.165, 1.54) is 0 Å². The molecule has 90 valence electrons. The van der Waals surface area contributed by atoms with Crippen molar-refractivity contribution in [3.05, 3.63) is 29.0 Å². The Balaban J connectivity index is 2.83. The maximum absolute atomic E-state index is 11.8. The summed E-state index contributed by atoms with van der Waals surface area (Å²) in [6.07, 6.45) is 1.68. The van der Waals surface area contributed by atoms with Crippen LogP contribution in [-0.4, -0.2) is 16.9 Å². The Morgan fingerprint density at radius 2 is 2.18 bits per heavy atom. The average Bonchev–Trinajstić information content (AvgIpc) is 2.56. The number of hydrogen-bond acceptors (Lipinski definition) is 4. The van der Waals surface area contributed by atoms with Gasteiger partial charge in [0, 0.05) is 6.92 Å². The van der Waals surface area contributed by atoms with E-state index in [0.717, 1.165) is 5.57 Å². The van der Waals surface area contributed by atoms with E-state index in [1.54, 1.807) is 19.9 Å². The molecule has 0 fully saturated rings. The van der Waals surface area contributed by atoms with Crippen molar-refractivity contribution in [3.63, 3.8) is 0 Å². The summed E-state index contributed by atoms with van der Waals surface area (Å²) >= 11 is 0. The number of aryl methyl sites for hydroxylation is 2. The van der Waals surface area contributed by atoms with Gasteiger partial charge in [0.1, 0.15) is 11.8 Å². The third-order valence-electron chi connectivity index (χ3n) is 2.04. The highest BCUT2D eigenvalue weighted by molar-refractivity contribution is 5.93. The molecule has 0 aromatic carbocycles. The van der Waals surface area contributed by atoms with Crippen molar-refractivity contribution in [3.8, 4) is 6.07 Å². The van der Waals surface area contributed by atoms with Crippen LogP contribution in [0.1, 0.15) is 36.0 Å². The molecule has 1 atom stereocenters. The van der Waals surface area contributed by atoms with Crippen molar-refractivity contribution in [2.45, 2.75) is 33.7 Å². The predicted octanol–water partition coefficient (Wildman–Crippen LogP) is 1.88. The molecule has 5 nitrogen and oxygen atoms in total. The molecule has 0 aliphatic carbocycles. The second-order valence-electron chi connectivity index (χ2n) is 3.96. The fourth-order valence-electron chi connectivity index (χ4n) is 1.39. The van der Waals surface area contributed by atoms with Crippen LogP contribution in [0.15, 0.2) is 16.1 Å². The maximum Gasteiger partial charge on any atom is 0.274 e. The number of hydrogen-bond donors (Lipinski definition) is 1. The van der Waals surface area contributed by atoms with E-state index in [2.05, 4.69) is 10.3 Å². The molecule has 0 spiro atoms. The monoisotopic (exact) mass is 233 g/mol. The number of oxazole rings is 1. The fourth-order valence-corrected chi connectivity index (χ4v) is 1.39. The molecule has 0 bridgehead atoms. The van der Waals surface area contributed by atoms with Gasteiger partial charge in [0.2, 0.25) is 0 Å². The molecule has 1 aromatic heterocycles. The number of allylic oxidation sites excluding steroid dienone is 1. The van der Waals surface area contributed by atoms with E-state index in [9.17, 15) is 4.79 Å². The lowest BCUT2D eigenvalue weighted by Gasteiger charge is -2.06. The van der Waals surface area contributed by atoms with Gasteiger partial charge < -0.3 is 9.73 Å². The second-order valence-corrected chi connectivity index (χ2v) is 3.96. The van der Waals surface area contributed by atoms with Crippen molar-refractivity contribution in [2.75, 3.05) is 0 Å². The molecule has 1 aromatic rings. The predicted molar refractivity (Wildman–Crippen MR) is 62.3 cm³/mol. The van der Waals surface area contributed by atoms with Crippen LogP contribution in [0.4, 0.5) is 0 Å². The van der Waals surface area contributed by atoms with Gasteiger partial charge in [-0.05, 0) is 26.8 Å². The van der Waals surface area contributed by atoms with Gasteiger partial charge >= 0.3 is 0 Å². The molecule has 0 aliphatic rings. The van der Waals surface area contributed by atoms with Crippen molar-refractivity contribution in [2.24, 2.45) is 0 Å². The lowest BCUT2D eigenvalue weighted by atomic mass is 10.2. The summed E-state index contributed by atoms with van der Waals surface area (Å²) in [5.41, 5.74) is 1.19. The first-order valence-electron chi connectivity index (χ1n) is 5.23. The van der Waals surface area contributed by atoms with Crippen LogP contribution < -0.4 is 5.32 Å². The van der Waals surface area contributed by atoms with E-state index in [-0.39, 0.29) is 5.69 Å². The first-order valence-corrected chi connectivity index (χ1v) is 5.23. The molecule has 1 unspecified atom stereocenters. The largest absolute Gasteiger partial charge is 0.445 e. The Kier molecular flexibility index (Phi) is 4.05. The lowest BCUT2D eigenvalue weighted by Crippen LogP contribution is -2.33. The SMILES string of the molecule is CC(C)=CC(C#N)NC(=O)c1nc(C)oc1C. The van der Waals surface area contributed by atoms with Gasteiger partial charge in [0.05, 0.1) is 6.07 Å². The van der Waals surface area contributed by atoms with Crippen LogP contribution in [0.25, 0.3) is 0 Å². The molecule has 1 heterocycles. The molecule has 1 amide bonds. The summed E-state index contributed by atoms with van der Waals surface area (Å²) in [5.74, 6) is 0.487. The van der Waals surface area contributed by atoms with Gasteiger partial charge in [-0.15, -0.1) is 0 Å². The van der Waals surface area contributed by atoms with E-state index in [0.29, 0.717) is 11.7 Å². The molecular formula is C12H15N3O2. The zero-order valence-electron chi connectivity index (χ0n) is 10.4. The van der Waals surface area contributed by atoms with Gasteiger partial charge in [-0.1, -0.05) is 5.57 Å². The molecule has 1 rings (SSSR count). The van der Waals surface area contributed by atoms with Gasteiger partial charge in [-0.2, -0.15) is 5.26 Å². The van der Waals surface area contributed by atoms with Crippen LogP contribution in [0.3, 0.4) is 0 Å². The van der Waals surface area contributed by atoms with Gasteiger partial charge in [-0.25, -0.2) is 4.98 Å². The Morgan fingerprint density at radius 1 is 1.53 bits per heavy atom. The fraction of sp³-hybridized carbons (Fsp3) is 0.417. The van der Waals surface area contributed by atoms with Crippen LogP contribution in [-0.2, 0) is 0 Å². The molecule has 0 radical (unpaired) electrons. The molecule has 5 heteroatoms. The molecular weight excluding hydrogens is 218 g/mol. The van der Waals surface area contributed by atoms with E-state index >= 15 is 0 Å². The standard InChI is InChI=1S/C12H15N3O2/c1-7(2)5-10(6-13)15-12(16)11-8(3)17-9(4)14-11/h5,10H,1-4H3,(H,15,16). The van der Waals surface area contributed by atoms with Crippen LogP contribution >= 0.6 is 0 Å². The number of nitriles is 1. The maximum atomic E-state index is 11.8. The normalized spacial score (nSPS) is 11.5. The number of nitrogens with one attached hydrogen (secondary N) is 1. The summed E-state index contributed by atoms with van der Waals surface area (Å²) in [6, 6.07) is 1.34. The first kappa shape index (κ1) is 13.0. The average molecular weight is 233 g/mol. The Hall–Kier alpha value is -2.09. The molecule has 1 N–H and O–H groups in total. The zero-order chi connectivity index (χ0) is 13.0. The first-order chi connectivity index (χ1) is 7.93. The third-order valence-corrected chi connectivity index (χ3v) is 2.04. The second kappa shape index (κ2) is 5.30. The van der Waals surface area contributed by atoms with E-state index in [4.69, 9.17) is 9.68 Å². The van der Waals surface area contributed by atoms with Crippen LogP contribution in [0.5, 0.6) is 0 Å². The summed E-state index contributed by atoms with van der Waals surface area (Å²) in [4.78, 5) is 15.8. The Bertz CT molecular complexity index is 490. The number of amides is 1. The van der Waals surface area contributed by atoms with Crippen molar-refractivity contribution in [1.29, 1.82) is 5.26 Å². The van der Waals surface area contributed by atoms with Gasteiger partial charge in [0.15, 0.2) is 11.6 Å². The minimum absolute atomic E-state index is 0.227. The summed E-state index contributed by atoms with van der Waals surface area (Å²) in [5, 5.41) is 11.5. The van der Waals surface area contributed by atoms with Crippen LogP contribution in [0, 0.1) is 25.2 Å². The smallest absolute Gasteiger partial charge is 0.274 e. The Labute approximate surface area is 100 Å². The van der Waals surface area contributed by atoms with Crippen molar-refractivity contribution >= 4 is 5.91 Å². The summed E-state index contributed by atoms with van der Waals surface area (Å²) in [7, 11) is 0. The molecule has 17 heavy (non-hydrogen) atoms. The summed E-state index contributed by atoms with van der Waals surface area (Å²) in [6.45, 7) is 7.06. The number of carbonyl (C=O) groups is 1. The van der Waals surface area contributed by atoms with Crippen molar-refractivity contribution in [1.82, 2.24) is 10.3 Å². The van der Waals surface area contributed by atoms with E-state index < -0.39 is 11.9 Å². The number of nitrogens with zero attached hydrogens (tertiary/aromatic N) is 2. The Morgan fingerprint density at radius 3 is 2.59 bits per heavy atom. The molecule has 0 saturated carbocycles. The van der Waals surface area contributed by atoms with E-state index in [1.807, 2.05) is 19.9 Å². The summed E-state index contributed by atoms with van der Waals surface area (Å²) < 4.78 is 5.16. The lowest BCUT2D eigenvalue weighted by molar-refractivity contribution is 0.0945. The zero-order valence-corrected chi connectivity index (χ0v) is 10.4. The highest BCUT2D eigenvalue weighted by Gasteiger charge is 2.17. The molecule has 0 saturated heterocycles. The molecule has 0 aliphatic heterocycles.